The van der Waals surface area contributed by atoms with Crippen LogP contribution in [0.5, 0.6) is 0 Å². The van der Waals surface area contributed by atoms with Crippen LogP contribution in [0.3, 0.4) is 0 Å². The van der Waals surface area contributed by atoms with Crippen LogP contribution in [0.25, 0.3) is 0 Å². The molecule has 0 aliphatic rings. The van der Waals surface area contributed by atoms with E-state index in [1.54, 1.807) is 18.4 Å². The summed E-state index contributed by atoms with van der Waals surface area (Å²) in [5.74, 6) is -0.329. The summed E-state index contributed by atoms with van der Waals surface area (Å²) in [6.07, 6.45) is 23.6. The van der Waals surface area contributed by atoms with Crippen molar-refractivity contribution in [2.75, 3.05) is 26.9 Å². The number of carbonyl (C=O) groups excluding carboxylic acids is 1. The van der Waals surface area contributed by atoms with E-state index in [0.29, 0.717) is 12.2 Å². The molecule has 0 aliphatic heterocycles. The molecule has 2 aromatic rings. The molecule has 220 valence electrons. The van der Waals surface area contributed by atoms with Crippen molar-refractivity contribution >= 4 is 17.3 Å². The Morgan fingerprint density at radius 1 is 0.795 bits per heavy atom. The first kappa shape index (κ1) is 33.4. The lowest BCUT2D eigenvalue weighted by atomic mass is 10.0. The molecule has 0 fully saturated rings. The molecule has 1 aromatic heterocycles. The highest BCUT2D eigenvalue weighted by molar-refractivity contribution is 7.07. The normalized spacial score (nSPS) is 12.1. The van der Waals surface area contributed by atoms with Gasteiger partial charge in [0.1, 0.15) is 12.7 Å². The highest BCUT2D eigenvalue weighted by Gasteiger charge is 2.14. The number of methoxy groups -OCH3 is 1. The Kier molecular flexibility index (Phi) is 19.7. The zero-order valence-electron chi connectivity index (χ0n) is 24.7. The minimum atomic E-state index is -0.329. The Balaban J connectivity index is 1.39. The molecule has 6 heteroatoms. The summed E-state index contributed by atoms with van der Waals surface area (Å²) in [7, 11) is 1.63. The standard InChI is InChI=1S/C33H54NO4S/c1-3-4-5-6-7-8-9-10-11-12-13-14-15-16-17-18-24-37-27-32(36-2)28-38-33(35)31-21-19-30(20-22-31)26-34-23-25-39-29-34/h19-23,25,29,32H,3-18,24,26-28H2,1-2H3/q+1. The van der Waals surface area contributed by atoms with Crippen LogP contribution in [0.4, 0.5) is 0 Å². The molecule has 0 N–H and O–H groups in total. The summed E-state index contributed by atoms with van der Waals surface area (Å²) >= 11 is 1.66. The van der Waals surface area contributed by atoms with Crippen LogP contribution in [0, 0.1) is 0 Å². The van der Waals surface area contributed by atoms with E-state index in [1.807, 2.05) is 35.8 Å². The lowest BCUT2D eigenvalue weighted by Crippen LogP contribution is -2.30. The van der Waals surface area contributed by atoms with Gasteiger partial charge in [-0.1, -0.05) is 127 Å². The lowest BCUT2D eigenvalue weighted by molar-refractivity contribution is -0.683. The fraction of sp³-hybridized carbons (Fsp3) is 0.697. The summed E-state index contributed by atoms with van der Waals surface area (Å²) < 4.78 is 18.8. The fourth-order valence-electron chi connectivity index (χ4n) is 4.71. The second-order valence-corrected chi connectivity index (χ2v) is 11.5. The van der Waals surface area contributed by atoms with Crippen molar-refractivity contribution in [1.82, 2.24) is 0 Å². The molecule has 5 nitrogen and oxygen atoms in total. The van der Waals surface area contributed by atoms with Crippen LogP contribution in [0.1, 0.15) is 126 Å². The number of aromatic nitrogens is 1. The summed E-state index contributed by atoms with van der Waals surface area (Å²) in [5, 5.41) is 2.04. The molecule has 1 atom stereocenters. The lowest BCUT2D eigenvalue weighted by Gasteiger charge is -2.16. The van der Waals surface area contributed by atoms with Crippen LogP contribution in [0.2, 0.25) is 0 Å². The van der Waals surface area contributed by atoms with Crippen molar-refractivity contribution in [3.63, 3.8) is 0 Å². The van der Waals surface area contributed by atoms with E-state index in [0.717, 1.165) is 25.1 Å². The van der Waals surface area contributed by atoms with Crippen molar-refractivity contribution in [3.05, 3.63) is 52.5 Å². The van der Waals surface area contributed by atoms with Crippen molar-refractivity contribution in [3.8, 4) is 0 Å². The van der Waals surface area contributed by atoms with E-state index in [4.69, 9.17) is 14.2 Å². The van der Waals surface area contributed by atoms with Gasteiger partial charge in [0.15, 0.2) is 12.7 Å². The molecule has 39 heavy (non-hydrogen) atoms. The number of carbonyl (C=O) groups is 1. The number of esters is 1. The molecule has 1 aromatic carbocycles. The van der Waals surface area contributed by atoms with Crippen LogP contribution >= 0.6 is 11.3 Å². The predicted molar refractivity (Wildman–Crippen MR) is 162 cm³/mol. The Hall–Kier alpha value is -1.76. The van der Waals surface area contributed by atoms with E-state index >= 15 is 0 Å². The van der Waals surface area contributed by atoms with Crippen molar-refractivity contribution < 1.29 is 23.6 Å². The molecule has 0 amide bonds. The number of hydrogen-bond donors (Lipinski definition) is 0. The van der Waals surface area contributed by atoms with E-state index in [2.05, 4.69) is 17.0 Å². The van der Waals surface area contributed by atoms with E-state index in [9.17, 15) is 4.79 Å². The van der Waals surface area contributed by atoms with E-state index in [1.165, 1.54) is 96.3 Å². The zero-order chi connectivity index (χ0) is 27.8. The summed E-state index contributed by atoms with van der Waals surface area (Å²) in [5.41, 5.74) is 3.76. The van der Waals surface area contributed by atoms with E-state index in [-0.39, 0.29) is 18.7 Å². The van der Waals surface area contributed by atoms with Crippen LogP contribution < -0.4 is 4.57 Å². The molecular formula is C33H54NO4S+. The number of nitrogens with zero attached hydrogens (tertiary/aromatic N) is 1. The van der Waals surface area contributed by atoms with Gasteiger partial charge in [-0.2, -0.15) is 4.57 Å². The molecule has 1 unspecified atom stereocenters. The first-order chi connectivity index (χ1) is 19.2. The maximum atomic E-state index is 12.4. The maximum absolute atomic E-state index is 12.4. The molecule has 1 heterocycles. The van der Waals surface area contributed by atoms with Gasteiger partial charge in [0.2, 0.25) is 5.51 Å². The third-order valence-corrected chi connectivity index (χ3v) is 7.93. The summed E-state index contributed by atoms with van der Waals surface area (Å²) in [6.45, 7) is 4.45. The molecule has 0 aliphatic carbocycles. The molecule has 0 spiro atoms. The summed E-state index contributed by atoms with van der Waals surface area (Å²) in [4.78, 5) is 12.4. The van der Waals surface area contributed by atoms with E-state index < -0.39 is 0 Å². The molecule has 0 radical (unpaired) electrons. The van der Waals surface area contributed by atoms with Crippen molar-refractivity contribution in [1.29, 1.82) is 0 Å². The number of thiazole rings is 1. The SMILES string of the molecule is CCCCCCCCCCCCCCCCCCOCC(COC(=O)c1ccc(C[n+]2ccsc2)cc1)OC. The number of benzene rings is 1. The second kappa shape index (κ2) is 23.0. The molecule has 0 bridgehead atoms. The average Bonchev–Trinajstić information content (AvgIpc) is 3.47. The number of ether oxygens (including phenoxy) is 3. The Bertz CT molecular complexity index is 825. The molecular weight excluding hydrogens is 506 g/mol. The molecule has 0 saturated heterocycles. The molecule has 2 rings (SSSR count). The third-order valence-electron chi connectivity index (χ3n) is 7.26. The van der Waals surface area contributed by atoms with Crippen LogP contribution in [-0.2, 0) is 20.8 Å². The third kappa shape index (κ3) is 16.8. The minimum absolute atomic E-state index is 0.195. The number of rotatable bonds is 25. The van der Waals surface area contributed by atoms with Gasteiger partial charge in [-0.15, -0.1) is 0 Å². The predicted octanol–water partition coefficient (Wildman–Crippen LogP) is 8.53. The second-order valence-electron chi connectivity index (χ2n) is 10.7. The zero-order valence-corrected chi connectivity index (χ0v) is 25.6. The fourth-order valence-corrected chi connectivity index (χ4v) is 5.31. The average molecular weight is 561 g/mol. The van der Waals surface area contributed by atoms with Gasteiger partial charge in [0, 0.05) is 19.3 Å². The Morgan fingerprint density at radius 2 is 1.36 bits per heavy atom. The van der Waals surface area contributed by atoms with Crippen LogP contribution in [0.15, 0.2) is 41.4 Å². The quantitative estimate of drug-likeness (QED) is 0.0693. The highest BCUT2D eigenvalue weighted by Crippen LogP contribution is 2.14. The van der Waals surface area contributed by atoms with Gasteiger partial charge in [-0.3, -0.25) is 0 Å². The van der Waals surface area contributed by atoms with Gasteiger partial charge < -0.3 is 14.2 Å². The molecule has 0 saturated carbocycles. The Morgan fingerprint density at radius 3 is 1.87 bits per heavy atom. The number of unbranched alkanes of at least 4 members (excludes halogenated alkanes) is 15. The van der Waals surface area contributed by atoms with Gasteiger partial charge in [0.05, 0.1) is 17.6 Å². The van der Waals surface area contributed by atoms with Gasteiger partial charge in [-0.25, -0.2) is 4.79 Å². The topological polar surface area (TPSA) is 48.6 Å². The first-order valence-electron chi connectivity index (χ1n) is 15.5. The first-order valence-corrected chi connectivity index (χ1v) is 16.4. The van der Waals surface area contributed by atoms with Crippen LogP contribution in [-0.4, -0.2) is 39.0 Å². The summed E-state index contributed by atoms with van der Waals surface area (Å²) in [6, 6.07) is 7.58. The van der Waals surface area contributed by atoms with Gasteiger partial charge in [-0.05, 0) is 18.6 Å². The monoisotopic (exact) mass is 560 g/mol. The highest BCUT2D eigenvalue weighted by atomic mass is 32.1. The Labute approximate surface area is 242 Å². The van der Waals surface area contributed by atoms with Gasteiger partial charge >= 0.3 is 5.97 Å². The van der Waals surface area contributed by atoms with Crippen molar-refractivity contribution in [2.45, 2.75) is 122 Å². The smallest absolute Gasteiger partial charge is 0.338 e. The maximum Gasteiger partial charge on any atom is 0.338 e. The minimum Gasteiger partial charge on any atom is -0.459 e. The van der Waals surface area contributed by atoms with Gasteiger partial charge in [0.25, 0.3) is 0 Å². The van der Waals surface area contributed by atoms with Crippen molar-refractivity contribution in [2.24, 2.45) is 0 Å². The largest absolute Gasteiger partial charge is 0.459 e. The number of hydrogen-bond acceptors (Lipinski definition) is 5.